The summed E-state index contributed by atoms with van der Waals surface area (Å²) in [5.74, 6) is 1.65. The zero-order valence-corrected chi connectivity index (χ0v) is 16.9. The summed E-state index contributed by atoms with van der Waals surface area (Å²) in [6.07, 6.45) is 0. The summed E-state index contributed by atoms with van der Waals surface area (Å²) in [5.41, 5.74) is 1.71. The first kappa shape index (κ1) is 20.9. The Hall–Kier alpha value is -2.39. The molecule has 1 aromatic carbocycles. The summed E-state index contributed by atoms with van der Waals surface area (Å²) >= 11 is 0. The van der Waals surface area contributed by atoms with Crippen LogP contribution in [0.2, 0.25) is 0 Å². The second-order valence-corrected chi connectivity index (χ2v) is 8.16. The van der Waals surface area contributed by atoms with Gasteiger partial charge in [0.2, 0.25) is 10.0 Å². The van der Waals surface area contributed by atoms with Crippen LogP contribution in [-0.4, -0.2) is 33.1 Å². The van der Waals surface area contributed by atoms with E-state index in [9.17, 15) is 8.42 Å². The van der Waals surface area contributed by atoms with Gasteiger partial charge < -0.3 is 15.2 Å². The van der Waals surface area contributed by atoms with Gasteiger partial charge in [-0.1, -0.05) is 31.1 Å². The Morgan fingerprint density at radius 1 is 1.26 bits per heavy atom. The van der Waals surface area contributed by atoms with E-state index in [4.69, 9.17) is 4.52 Å². The highest BCUT2D eigenvalue weighted by molar-refractivity contribution is 7.89. The van der Waals surface area contributed by atoms with Gasteiger partial charge >= 0.3 is 0 Å². The van der Waals surface area contributed by atoms with Crippen molar-refractivity contribution in [2.24, 2.45) is 4.99 Å². The first-order chi connectivity index (χ1) is 12.9. The number of aliphatic imine (C=N–C) groups is 1. The van der Waals surface area contributed by atoms with Crippen molar-refractivity contribution in [3.05, 3.63) is 47.3 Å². The van der Waals surface area contributed by atoms with Crippen LogP contribution in [0.15, 0.2) is 44.7 Å². The SMILES string of the molecule is CCNC(=NCc1cccc(S(=O)(=O)NC)c1)NCc1cc(C(C)C)no1. The predicted octanol–water partition coefficient (Wildman–Crippen LogP) is 1.96. The van der Waals surface area contributed by atoms with E-state index in [1.54, 1.807) is 18.2 Å². The van der Waals surface area contributed by atoms with Gasteiger partial charge in [-0.3, -0.25) is 0 Å². The van der Waals surface area contributed by atoms with Crippen LogP contribution in [0.25, 0.3) is 0 Å². The molecule has 27 heavy (non-hydrogen) atoms. The number of hydrogen-bond donors (Lipinski definition) is 3. The fourth-order valence-corrected chi connectivity index (χ4v) is 3.10. The number of nitrogens with one attached hydrogen (secondary N) is 3. The van der Waals surface area contributed by atoms with Gasteiger partial charge in [-0.15, -0.1) is 0 Å². The number of sulfonamides is 1. The molecule has 0 fully saturated rings. The summed E-state index contributed by atoms with van der Waals surface area (Å²) in [4.78, 5) is 4.73. The lowest BCUT2D eigenvalue weighted by Gasteiger charge is -2.10. The molecule has 0 saturated heterocycles. The monoisotopic (exact) mass is 393 g/mol. The number of guanidine groups is 1. The lowest BCUT2D eigenvalue weighted by molar-refractivity contribution is 0.372. The Bertz CT molecular complexity index is 875. The standard InChI is InChI=1S/C18H27N5O3S/c1-5-20-18(22-12-15-10-17(13(2)3)23-26-15)21-11-14-7-6-8-16(9-14)27(24,25)19-4/h6-10,13,19H,5,11-12H2,1-4H3,(H2,20,21,22). The van der Waals surface area contributed by atoms with Gasteiger partial charge in [0, 0.05) is 12.6 Å². The molecule has 0 atom stereocenters. The molecule has 1 heterocycles. The van der Waals surface area contributed by atoms with Crippen molar-refractivity contribution in [2.75, 3.05) is 13.6 Å². The summed E-state index contributed by atoms with van der Waals surface area (Å²) < 4.78 is 31.5. The molecular formula is C18H27N5O3S. The zero-order chi connectivity index (χ0) is 19.9. The number of rotatable bonds is 8. The minimum atomic E-state index is -3.47. The fourth-order valence-electron chi connectivity index (χ4n) is 2.30. The van der Waals surface area contributed by atoms with Crippen LogP contribution < -0.4 is 15.4 Å². The van der Waals surface area contributed by atoms with Crippen LogP contribution >= 0.6 is 0 Å². The van der Waals surface area contributed by atoms with E-state index in [0.29, 0.717) is 31.5 Å². The molecule has 0 saturated carbocycles. The first-order valence-corrected chi connectivity index (χ1v) is 10.3. The van der Waals surface area contributed by atoms with E-state index in [2.05, 4.69) is 39.4 Å². The van der Waals surface area contributed by atoms with Gasteiger partial charge in [0.25, 0.3) is 0 Å². The maximum absolute atomic E-state index is 11.9. The lowest BCUT2D eigenvalue weighted by Crippen LogP contribution is -2.36. The summed E-state index contributed by atoms with van der Waals surface area (Å²) in [6, 6.07) is 8.64. The van der Waals surface area contributed by atoms with Crippen LogP contribution in [0.4, 0.5) is 0 Å². The van der Waals surface area contributed by atoms with Crippen LogP contribution in [0.3, 0.4) is 0 Å². The highest BCUT2D eigenvalue weighted by atomic mass is 32.2. The number of benzene rings is 1. The highest BCUT2D eigenvalue weighted by Crippen LogP contribution is 2.14. The third kappa shape index (κ3) is 6.07. The predicted molar refractivity (Wildman–Crippen MR) is 105 cm³/mol. The normalized spacial score (nSPS) is 12.4. The average Bonchev–Trinajstić information content (AvgIpc) is 3.13. The summed E-state index contributed by atoms with van der Waals surface area (Å²) in [6.45, 7) is 7.60. The van der Waals surface area contributed by atoms with E-state index >= 15 is 0 Å². The Labute approximate surface area is 160 Å². The topological polar surface area (TPSA) is 109 Å². The van der Waals surface area contributed by atoms with Gasteiger partial charge in [-0.2, -0.15) is 0 Å². The van der Waals surface area contributed by atoms with Gasteiger partial charge in [0.15, 0.2) is 11.7 Å². The Balaban J connectivity index is 2.05. The Morgan fingerprint density at radius 3 is 2.67 bits per heavy atom. The fraction of sp³-hybridized carbons (Fsp3) is 0.444. The third-order valence-corrected chi connectivity index (χ3v) is 5.25. The number of nitrogens with zero attached hydrogens (tertiary/aromatic N) is 2. The molecule has 0 unspecified atom stereocenters. The van der Waals surface area contributed by atoms with Crippen LogP contribution in [0.1, 0.15) is 43.7 Å². The average molecular weight is 394 g/mol. The van der Waals surface area contributed by atoms with E-state index in [1.807, 2.05) is 19.1 Å². The van der Waals surface area contributed by atoms with Crippen molar-refractivity contribution >= 4 is 16.0 Å². The molecule has 0 aliphatic heterocycles. The molecule has 8 nitrogen and oxygen atoms in total. The smallest absolute Gasteiger partial charge is 0.240 e. The molecule has 9 heteroatoms. The van der Waals surface area contributed by atoms with Crippen molar-refractivity contribution in [1.29, 1.82) is 0 Å². The molecule has 3 N–H and O–H groups in total. The summed E-state index contributed by atoms with van der Waals surface area (Å²) in [5, 5.41) is 10.4. The largest absolute Gasteiger partial charge is 0.359 e. The van der Waals surface area contributed by atoms with Gasteiger partial charge in [-0.05, 0) is 37.6 Å². The van der Waals surface area contributed by atoms with Gasteiger partial charge in [0.05, 0.1) is 23.7 Å². The molecule has 0 aliphatic carbocycles. The van der Waals surface area contributed by atoms with Crippen LogP contribution in [0, 0.1) is 0 Å². The molecule has 0 amide bonds. The number of hydrogen-bond acceptors (Lipinski definition) is 5. The van der Waals surface area contributed by atoms with Crippen LogP contribution in [0.5, 0.6) is 0 Å². The van der Waals surface area contributed by atoms with E-state index in [0.717, 1.165) is 17.0 Å². The van der Waals surface area contributed by atoms with Crippen molar-refractivity contribution in [2.45, 2.75) is 44.7 Å². The van der Waals surface area contributed by atoms with E-state index < -0.39 is 10.0 Å². The maximum Gasteiger partial charge on any atom is 0.240 e. The molecule has 0 spiro atoms. The molecule has 0 aliphatic rings. The molecule has 0 radical (unpaired) electrons. The quantitative estimate of drug-likeness (QED) is 0.467. The number of aromatic nitrogens is 1. The molecule has 0 bridgehead atoms. The van der Waals surface area contributed by atoms with Gasteiger partial charge in [0.1, 0.15) is 0 Å². The maximum atomic E-state index is 11.9. The van der Waals surface area contributed by atoms with Gasteiger partial charge in [-0.25, -0.2) is 18.1 Å². The van der Waals surface area contributed by atoms with Crippen molar-refractivity contribution in [1.82, 2.24) is 20.5 Å². The molecule has 1 aromatic heterocycles. The van der Waals surface area contributed by atoms with Crippen molar-refractivity contribution in [3.63, 3.8) is 0 Å². The van der Waals surface area contributed by atoms with E-state index in [1.165, 1.54) is 7.05 Å². The summed E-state index contributed by atoms with van der Waals surface area (Å²) in [7, 11) is -2.08. The molecule has 2 aromatic rings. The van der Waals surface area contributed by atoms with Crippen LogP contribution in [-0.2, 0) is 23.1 Å². The van der Waals surface area contributed by atoms with Crippen molar-refractivity contribution in [3.8, 4) is 0 Å². The van der Waals surface area contributed by atoms with E-state index in [-0.39, 0.29) is 4.90 Å². The molecule has 148 valence electrons. The minimum Gasteiger partial charge on any atom is -0.359 e. The third-order valence-electron chi connectivity index (χ3n) is 3.84. The van der Waals surface area contributed by atoms with Crippen molar-refractivity contribution < 1.29 is 12.9 Å². The lowest BCUT2D eigenvalue weighted by atomic mass is 10.1. The molecular weight excluding hydrogens is 366 g/mol. The second-order valence-electron chi connectivity index (χ2n) is 6.28. The second kappa shape index (κ2) is 9.52. The zero-order valence-electron chi connectivity index (χ0n) is 16.1. The minimum absolute atomic E-state index is 0.221. The highest BCUT2D eigenvalue weighted by Gasteiger charge is 2.11. The first-order valence-electron chi connectivity index (χ1n) is 8.86. The Kier molecular flexibility index (Phi) is 7.37. The molecule has 2 rings (SSSR count). The Morgan fingerprint density at radius 2 is 2.04 bits per heavy atom.